The van der Waals surface area contributed by atoms with Crippen LogP contribution in [-0.4, -0.2) is 146 Å². The number of carbonyl (C=O) groups excluding carboxylic acids is 7. The van der Waals surface area contributed by atoms with Crippen molar-refractivity contribution in [3.8, 4) is 0 Å². The largest absolute Gasteiger partial charge is 0.480 e. The molecule has 4 heterocycles. The number of rotatable bonds is 15. The van der Waals surface area contributed by atoms with Crippen molar-refractivity contribution in [2.45, 2.75) is 154 Å². The number of carboxylic acid groups (broad SMARTS) is 1. The molecular weight excluding hydrogens is 1140 g/mol. The summed E-state index contributed by atoms with van der Waals surface area (Å²) in [5.74, 6) is -2.73. The molecule has 6 aliphatic carbocycles. The monoisotopic (exact) mass is 1230 g/mol. The number of aliphatic carboxylic acids is 1. The lowest BCUT2D eigenvalue weighted by molar-refractivity contribution is -0.154. The summed E-state index contributed by atoms with van der Waals surface area (Å²) in [4.78, 5) is 123. The van der Waals surface area contributed by atoms with E-state index in [4.69, 9.17) is 15.2 Å². The molecule has 0 unspecified atom stereocenters. The summed E-state index contributed by atoms with van der Waals surface area (Å²) in [6.45, 7) is 9.64. The molecule has 472 valence electrons. The first-order valence-electron chi connectivity index (χ1n) is 31.1. The Bertz CT molecular complexity index is 3150. The molecule has 0 bridgehead atoms. The number of nitrogens with two attached hydrogens (primary N) is 1. The van der Waals surface area contributed by atoms with Crippen LogP contribution in [-0.2, 0) is 63.9 Å². The standard InChI is InChI=1S/C33H41N5O5.C20H26N2O3.C13H17N3O3.ClH/c1-33(2)23-18-38(28(25(23)33)32(42)43-3)31(41)27(22-15-20-11-7-8-12-21(20)16-22)37-30(40)26(19-9-5-4-6-10-19)36-29(39)24-17-34-13-14-35-24;1-20(2)14-10-22(17(15(14)20)19(24)25-3)18(23)16(21)13-8-11-6-4-5-7-12(11)9-13;17-12(10-8-14-6-7-15-10)16-11(13(18)19)9-4-2-1-3-5-9;/h7-8,11-14,17,19,22-23,25-28H,4-6,9-10,15-16,18H2,1-3H3,(H,36,39)(H,37,40);4-7,13-17H,8-10,21H2,1-3H3;6-9,11H,1-5H2,(H,16,17)(H,18,19);1H/t23-,25-,26-,27-,28-;14-,15-,16-,17-;11-;/m000./s1. The van der Waals surface area contributed by atoms with E-state index in [9.17, 15) is 43.5 Å². The lowest BCUT2D eigenvalue weighted by Crippen LogP contribution is -2.60. The smallest absolute Gasteiger partial charge is 0.328 e. The first-order chi connectivity index (χ1) is 41.7. The molecule has 6 fully saturated rings. The third kappa shape index (κ3) is 13.6. The molecule has 0 radical (unpaired) electrons. The van der Waals surface area contributed by atoms with E-state index < -0.39 is 60.0 Å². The van der Waals surface area contributed by atoms with Crippen LogP contribution < -0.4 is 21.7 Å². The molecule has 2 saturated heterocycles. The number of likely N-dealkylation sites (tertiary alicyclic amines) is 2. The number of hydrogen-bond donors (Lipinski definition) is 5. The van der Waals surface area contributed by atoms with Crippen LogP contribution in [0.1, 0.15) is 135 Å². The number of nitrogens with zero attached hydrogens (tertiary/aromatic N) is 6. The maximum atomic E-state index is 14.5. The van der Waals surface area contributed by atoms with Crippen molar-refractivity contribution in [1.29, 1.82) is 0 Å². The fourth-order valence-corrected chi connectivity index (χ4v) is 15.7. The summed E-state index contributed by atoms with van der Waals surface area (Å²) < 4.78 is 10.2. The Balaban J connectivity index is 0.000000173. The summed E-state index contributed by atoms with van der Waals surface area (Å²) in [5, 5.41) is 17.9. The van der Waals surface area contributed by atoms with Gasteiger partial charge in [0.2, 0.25) is 17.7 Å². The minimum absolute atomic E-state index is 0. The number of nitrogens with one attached hydrogen (secondary N) is 3. The lowest BCUT2D eigenvalue weighted by atomic mass is 9.83. The number of aromatic nitrogens is 4. The SMILES string of the molecule is COC(=O)[C@@H]1[C@@H]2[C@H](CN1C(=O)[C@@H](N)C1Cc3ccccc3C1)C2(C)C.COC(=O)[C@@H]1[C@@H]2[C@H](CN1C(=O)[C@@H](NC(=O)[C@@H](NC(=O)c1cnccn1)C1CCCCC1)C1Cc3ccccc3C1)C2(C)C.Cl.O=C(N[C@H](C(=O)O)C1CCCCC1)c1cnccn1. The number of benzene rings is 2. The Morgan fingerprint density at radius 3 is 1.34 bits per heavy atom. The van der Waals surface area contributed by atoms with Crippen molar-refractivity contribution in [2.75, 3.05) is 27.3 Å². The van der Waals surface area contributed by atoms with Crippen LogP contribution in [0.15, 0.2) is 85.7 Å². The van der Waals surface area contributed by atoms with E-state index in [2.05, 4.69) is 87.8 Å². The quantitative estimate of drug-likeness (QED) is 0.0885. The highest BCUT2D eigenvalue weighted by atomic mass is 35.5. The molecule has 12 rings (SSSR count). The van der Waals surface area contributed by atoms with Gasteiger partial charge >= 0.3 is 17.9 Å². The van der Waals surface area contributed by atoms with Gasteiger partial charge in [0, 0.05) is 49.7 Å². The van der Waals surface area contributed by atoms with Gasteiger partial charge in [-0.05, 0) is 120 Å². The van der Waals surface area contributed by atoms with Crippen LogP contribution in [0, 0.1) is 58.2 Å². The van der Waals surface area contributed by atoms with Crippen LogP contribution in [0.25, 0.3) is 0 Å². The molecule has 2 aromatic carbocycles. The van der Waals surface area contributed by atoms with Gasteiger partial charge in [-0.3, -0.25) is 33.9 Å². The van der Waals surface area contributed by atoms with Gasteiger partial charge in [-0.15, -0.1) is 12.4 Å². The summed E-state index contributed by atoms with van der Waals surface area (Å²) >= 11 is 0. The van der Waals surface area contributed by atoms with Crippen LogP contribution in [0.4, 0.5) is 0 Å². The number of piperidine rings is 2. The van der Waals surface area contributed by atoms with Gasteiger partial charge in [-0.2, -0.15) is 0 Å². The van der Waals surface area contributed by atoms with Crippen LogP contribution in [0.3, 0.4) is 0 Å². The molecule has 2 aromatic heterocycles. The molecule has 21 nitrogen and oxygen atoms in total. The van der Waals surface area contributed by atoms with E-state index in [0.29, 0.717) is 31.8 Å². The highest BCUT2D eigenvalue weighted by Crippen LogP contribution is 2.66. The average molecular weight is 1230 g/mol. The number of carbonyl (C=O) groups is 8. The van der Waals surface area contributed by atoms with E-state index in [1.165, 1.54) is 62.5 Å². The van der Waals surface area contributed by atoms with Crippen LogP contribution >= 0.6 is 12.4 Å². The first-order valence-corrected chi connectivity index (χ1v) is 31.1. The minimum Gasteiger partial charge on any atom is -0.480 e. The van der Waals surface area contributed by atoms with Crippen molar-refractivity contribution < 1.29 is 52.9 Å². The lowest BCUT2D eigenvalue weighted by Gasteiger charge is -2.36. The molecule has 4 saturated carbocycles. The summed E-state index contributed by atoms with van der Waals surface area (Å²) in [6.07, 6.45) is 21.0. The summed E-state index contributed by atoms with van der Waals surface area (Å²) in [5.41, 5.74) is 11.6. The predicted molar refractivity (Wildman–Crippen MR) is 326 cm³/mol. The number of methoxy groups -OCH3 is 2. The zero-order valence-corrected chi connectivity index (χ0v) is 52.0. The Labute approximate surface area is 520 Å². The molecule has 5 amide bonds. The Morgan fingerprint density at radius 2 is 0.943 bits per heavy atom. The Morgan fingerprint density at radius 1 is 0.545 bits per heavy atom. The summed E-state index contributed by atoms with van der Waals surface area (Å²) in [6, 6.07) is 12.1. The zero-order chi connectivity index (χ0) is 61.9. The van der Waals surface area contributed by atoms with Gasteiger partial charge in [0.25, 0.3) is 11.8 Å². The molecule has 8 aliphatic rings. The second-order valence-electron chi connectivity index (χ2n) is 26.4. The van der Waals surface area contributed by atoms with Crippen molar-refractivity contribution in [2.24, 2.45) is 63.9 Å². The maximum absolute atomic E-state index is 14.5. The van der Waals surface area contributed by atoms with Gasteiger partial charge in [0.05, 0.1) is 32.7 Å². The topological polar surface area (TPSA) is 295 Å². The van der Waals surface area contributed by atoms with Gasteiger partial charge in [0.15, 0.2) is 0 Å². The van der Waals surface area contributed by atoms with E-state index in [1.807, 2.05) is 24.3 Å². The second-order valence-corrected chi connectivity index (χ2v) is 26.4. The zero-order valence-electron chi connectivity index (χ0n) is 51.2. The van der Waals surface area contributed by atoms with Gasteiger partial charge < -0.3 is 46.1 Å². The maximum Gasteiger partial charge on any atom is 0.328 e. The number of esters is 2. The fourth-order valence-electron chi connectivity index (χ4n) is 15.7. The molecular formula is C66H85ClN10O11. The highest BCUT2D eigenvalue weighted by Gasteiger charge is 2.71. The third-order valence-electron chi connectivity index (χ3n) is 20.8. The molecule has 4 aromatic rings. The van der Waals surface area contributed by atoms with Gasteiger partial charge in [-0.1, -0.05) is 115 Å². The number of fused-ring (bicyclic) bond motifs is 4. The van der Waals surface area contributed by atoms with E-state index >= 15 is 0 Å². The van der Waals surface area contributed by atoms with Crippen LogP contribution in [0.2, 0.25) is 0 Å². The van der Waals surface area contributed by atoms with Crippen molar-refractivity contribution in [1.82, 2.24) is 45.7 Å². The molecule has 6 N–H and O–H groups in total. The number of hydrogen-bond acceptors (Lipinski definition) is 15. The van der Waals surface area contributed by atoms with E-state index in [1.54, 1.807) is 9.80 Å². The van der Waals surface area contributed by atoms with Gasteiger partial charge in [-0.25, -0.2) is 24.4 Å². The molecule has 88 heavy (non-hydrogen) atoms. The average Bonchev–Trinajstić information content (AvgIpc) is 1.57. The van der Waals surface area contributed by atoms with E-state index in [-0.39, 0.29) is 99.7 Å². The fraction of sp³-hybridized carbons (Fsp3) is 0.576. The Hall–Kier alpha value is -7.39. The number of ether oxygens (including phenoxy) is 2. The Kier molecular flexibility index (Phi) is 20.4. The molecule has 2 aliphatic heterocycles. The van der Waals surface area contributed by atoms with Gasteiger partial charge in [0.1, 0.15) is 41.6 Å². The minimum atomic E-state index is -0.982. The van der Waals surface area contributed by atoms with Crippen molar-refractivity contribution in [3.63, 3.8) is 0 Å². The molecule has 22 heteroatoms. The van der Waals surface area contributed by atoms with Crippen LogP contribution in [0.5, 0.6) is 0 Å². The van der Waals surface area contributed by atoms with E-state index in [0.717, 1.165) is 88.2 Å². The predicted octanol–water partition coefficient (Wildman–Crippen LogP) is 5.76. The number of halogens is 1. The number of carboxylic acids is 1. The first kappa shape index (κ1) is 65.1. The highest BCUT2D eigenvalue weighted by molar-refractivity contribution is 5.98. The summed E-state index contributed by atoms with van der Waals surface area (Å²) in [7, 11) is 2.75. The van der Waals surface area contributed by atoms with Crippen molar-refractivity contribution >= 4 is 59.9 Å². The van der Waals surface area contributed by atoms with Crippen molar-refractivity contribution in [3.05, 3.63) is 119 Å². The molecule has 0 spiro atoms. The molecule has 10 atom stereocenters. The third-order valence-corrected chi connectivity index (χ3v) is 20.8. The normalized spacial score (nSPS) is 25.0. The second kappa shape index (κ2) is 27.6. The number of amides is 5.